The van der Waals surface area contributed by atoms with E-state index in [2.05, 4.69) is 22.3 Å². The molecular formula is C32H33N3O3. The van der Waals surface area contributed by atoms with E-state index in [-0.39, 0.29) is 11.8 Å². The highest BCUT2D eigenvalue weighted by atomic mass is 16.5. The third kappa shape index (κ3) is 6.14. The number of hydrogen-bond acceptors (Lipinski definition) is 4. The average Bonchev–Trinajstić information content (AvgIpc) is 2.97. The minimum Gasteiger partial charge on any atom is -0.497 e. The van der Waals surface area contributed by atoms with Crippen LogP contribution in [0.25, 0.3) is 10.8 Å². The molecule has 1 saturated heterocycles. The number of hydrogen-bond donors (Lipinski definition) is 1. The monoisotopic (exact) mass is 507 g/mol. The first-order valence-electron chi connectivity index (χ1n) is 13.1. The van der Waals surface area contributed by atoms with Gasteiger partial charge in [-0.3, -0.25) is 9.59 Å². The van der Waals surface area contributed by atoms with Crippen LogP contribution in [0.2, 0.25) is 0 Å². The molecule has 1 aliphatic rings. The number of carbonyl (C=O) groups is 2. The molecule has 4 aromatic carbocycles. The number of ether oxygens (including phenoxy) is 1. The van der Waals surface area contributed by atoms with E-state index in [0.717, 1.165) is 66.9 Å². The lowest BCUT2D eigenvalue weighted by Gasteiger charge is -2.36. The number of nitrogens with zero attached hydrogens (tertiary/aromatic N) is 2. The molecule has 0 unspecified atom stereocenters. The molecule has 0 saturated carbocycles. The normalized spacial score (nSPS) is 13.4. The summed E-state index contributed by atoms with van der Waals surface area (Å²) in [5, 5.41) is 5.16. The number of carbonyl (C=O) groups excluding carboxylic acids is 2. The maximum atomic E-state index is 12.8. The maximum absolute atomic E-state index is 12.8. The minimum absolute atomic E-state index is 0.123. The van der Waals surface area contributed by atoms with Gasteiger partial charge in [0.25, 0.3) is 5.91 Å². The first-order chi connectivity index (χ1) is 18.6. The van der Waals surface area contributed by atoms with Gasteiger partial charge >= 0.3 is 0 Å². The molecule has 6 nitrogen and oxygen atoms in total. The number of nitrogens with one attached hydrogen (secondary N) is 1. The Hall–Kier alpha value is -4.32. The Morgan fingerprint density at radius 3 is 2.24 bits per heavy atom. The lowest BCUT2D eigenvalue weighted by molar-refractivity contribution is -0.131. The van der Waals surface area contributed by atoms with E-state index < -0.39 is 0 Å². The molecule has 0 bridgehead atoms. The number of anilines is 2. The number of benzene rings is 4. The van der Waals surface area contributed by atoms with Gasteiger partial charge in [0, 0.05) is 49.5 Å². The highest BCUT2D eigenvalue weighted by Gasteiger charge is 2.21. The molecule has 5 rings (SSSR count). The Bertz CT molecular complexity index is 1390. The van der Waals surface area contributed by atoms with Crippen LogP contribution in [0.15, 0.2) is 91.0 Å². The Morgan fingerprint density at radius 1 is 0.816 bits per heavy atom. The molecule has 38 heavy (non-hydrogen) atoms. The molecule has 0 aliphatic carbocycles. The van der Waals surface area contributed by atoms with Gasteiger partial charge in [-0.2, -0.15) is 0 Å². The fourth-order valence-electron chi connectivity index (χ4n) is 4.90. The predicted octanol–water partition coefficient (Wildman–Crippen LogP) is 5.77. The molecule has 1 aliphatic heterocycles. The summed E-state index contributed by atoms with van der Waals surface area (Å²) in [5.74, 6) is 0.954. The van der Waals surface area contributed by atoms with Crippen molar-refractivity contribution in [3.05, 3.63) is 102 Å². The van der Waals surface area contributed by atoms with Crippen LogP contribution in [0.1, 0.15) is 28.8 Å². The van der Waals surface area contributed by atoms with E-state index in [1.165, 1.54) is 5.56 Å². The van der Waals surface area contributed by atoms with Crippen molar-refractivity contribution in [2.75, 3.05) is 43.5 Å². The Kier molecular flexibility index (Phi) is 7.88. The number of methoxy groups -OCH3 is 1. The second-order valence-electron chi connectivity index (χ2n) is 9.63. The number of amides is 2. The van der Waals surface area contributed by atoms with E-state index in [1.54, 1.807) is 7.11 Å². The van der Waals surface area contributed by atoms with Gasteiger partial charge < -0.3 is 19.9 Å². The Morgan fingerprint density at radius 2 is 1.53 bits per heavy atom. The van der Waals surface area contributed by atoms with Crippen molar-refractivity contribution >= 4 is 34.0 Å². The molecule has 6 heteroatoms. The Balaban J connectivity index is 1.08. The number of fused-ring (bicyclic) bond motifs is 1. The van der Waals surface area contributed by atoms with E-state index in [4.69, 9.17) is 4.74 Å². The van der Waals surface area contributed by atoms with Gasteiger partial charge in [0.05, 0.1) is 7.11 Å². The van der Waals surface area contributed by atoms with Gasteiger partial charge in [-0.05, 0) is 77.7 Å². The van der Waals surface area contributed by atoms with Gasteiger partial charge in [-0.25, -0.2) is 0 Å². The molecule has 2 amide bonds. The minimum atomic E-state index is -0.123. The smallest absolute Gasteiger partial charge is 0.255 e. The lowest BCUT2D eigenvalue weighted by Crippen LogP contribution is -2.48. The van der Waals surface area contributed by atoms with Crippen molar-refractivity contribution in [2.45, 2.75) is 19.3 Å². The number of rotatable bonds is 8. The largest absolute Gasteiger partial charge is 0.497 e. The van der Waals surface area contributed by atoms with E-state index in [9.17, 15) is 9.59 Å². The summed E-state index contributed by atoms with van der Waals surface area (Å²) in [6.07, 6.45) is 2.30. The summed E-state index contributed by atoms with van der Waals surface area (Å²) < 4.78 is 5.20. The zero-order chi connectivity index (χ0) is 26.3. The molecule has 0 atom stereocenters. The van der Waals surface area contributed by atoms with Crippen LogP contribution >= 0.6 is 0 Å². The molecule has 0 radical (unpaired) electrons. The highest BCUT2D eigenvalue weighted by molar-refractivity contribution is 6.06. The zero-order valence-electron chi connectivity index (χ0n) is 21.7. The molecule has 1 fully saturated rings. The molecule has 0 aromatic heterocycles. The molecule has 1 heterocycles. The number of aryl methyl sites for hydroxylation is 1. The van der Waals surface area contributed by atoms with E-state index in [0.29, 0.717) is 12.0 Å². The van der Waals surface area contributed by atoms with Crippen molar-refractivity contribution in [3.63, 3.8) is 0 Å². The van der Waals surface area contributed by atoms with Crippen LogP contribution in [-0.2, 0) is 11.2 Å². The fourth-order valence-corrected chi connectivity index (χ4v) is 4.90. The van der Waals surface area contributed by atoms with Crippen LogP contribution in [0.3, 0.4) is 0 Å². The maximum Gasteiger partial charge on any atom is 0.255 e. The van der Waals surface area contributed by atoms with Gasteiger partial charge in [0.15, 0.2) is 0 Å². The summed E-state index contributed by atoms with van der Waals surface area (Å²) >= 11 is 0. The Labute approximate surface area is 223 Å². The topological polar surface area (TPSA) is 61.9 Å². The molecule has 0 spiro atoms. The zero-order valence-corrected chi connectivity index (χ0v) is 21.7. The van der Waals surface area contributed by atoms with E-state index in [1.807, 2.05) is 83.8 Å². The second-order valence-corrected chi connectivity index (χ2v) is 9.63. The van der Waals surface area contributed by atoms with Crippen molar-refractivity contribution in [3.8, 4) is 5.75 Å². The molecule has 4 aromatic rings. The van der Waals surface area contributed by atoms with Crippen molar-refractivity contribution in [2.24, 2.45) is 0 Å². The van der Waals surface area contributed by atoms with Crippen molar-refractivity contribution in [1.29, 1.82) is 0 Å². The number of piperazine rings is 1. The summed E-state index contributed by atoms with van der Waals surface area (Å²) in [6, 6.07) is 29.7. The van der Waals surface area contributed by atoms with Crippen molar-refractivity contribution < 1.29 is 14.3 Å². The van der Waals surface area contributed by atoms with Gasteiger partial charge in [0.1, 0.15) is 5.75 Å². The first kappa shape index (κ1) is 25.3. The van der Waals surface area contributed by atoms with Gasteiger partial charge in [0.2, 0.25) is 5.91 Å². The van der Waals surface area contributed by atoms with Crippen molar-refractivity contribution in [1.82, 2.24) is 4.90 Å². The third-order valence-electron chi connectivity index (χ3n) is 7.15. The quantitative estimate of drug-likeness (QED) is 0.329. The highest BCUT2D eigenvalue weighted by Crippen LogP contribution is 2.22. The third-order valence-corrected chi connectivity index (χ3v) is 7.15. The van der Waals surface area contributed by atoms with E-state index >= 15 is 0 Å². The average molecular weight is 508 g/mol. The second kappa shape index (κ2) is 11.8. The molecular weight excluding hydrogens is 474 g/mol. The fraction of sp³-hybridized carbons (Fsp3) is 0.250. The van der Waals surface area contributed by atoms with Crippen LogP contribution < -0.4 is 15.0 Å². The lowest BCUT2D eigenvalue weighted by atomic mass is 10.1. The van der Waals surface area contributed by atoms with Crippen LogP contribution in [0.4, 0.5) is 11.4 Å². The SMILES string of the molecule is COc1ccc(CCCC(=O)N2CCN(c3ccc(NC(=O)c4ccc5ccccc5c4)cc3)CC2)cc1. The molecule has 194 valence electrons. The van der Waals surface area contributed by atoms with Crippen LogP contribution in [0.5, 0.6) is 5.75 Å². The molecule has 1 N–H and O–H groups in total. The summed E-state index contributed by atoms with van der Waals surface area (Å²) in [6.45, 7) is 3.05. The van der Waals surface area contributed by atoms with Gasteiger partial charge in [-0.15, -0.1) is 0 Å². The summed E-state index contributed by atoms with van der Waals surface area (Å²) in [5.41, 5.74) is 3.72. The first-order valence-corrected chi connectivity index (χ1v) is 13.1. The summed E-state index contributed by atoms with van der Waals surface area (Å²) in [4.78, 5) is 29.7. The van der Waals surface area contributed by atoms with Crippen LogP contribution in [0, 0.1) is 0 Å². The van der Waals surface area contributed by atoms with Crippen LogP contribution in [-0.4, -0.2) is 50.0 Å². The summed E-state index contributed by atoms with van der Waals surface area (Å²) in [7, 11) is 1.66. The standard InChI is InChI=1S/C32H33N3O3/c1-38-30-17-9-24(10-18-30)5-4-8-31(36)35-21-19-34(20-22-35)29-15-13-28(14-16-29)33-32(37)27-12-11-25-6-2-3-7-26(25)23-27/h2-3,6-7,9-18,23H,4-5,8,19-22H2,1H3,(H,33,37). The van der Waals surface area contributed by atoms with Gasteiger partial charge in [-0.1, -0.05) is 42.5 Å². The predicted molar refractivity (Wildman–Crippen MR) is 153 cm³/mol.